The van der Waals surface area contributed by atoms with Crippen molar-refractivity contribution in [2.45, 2.75) is 38.5 Å². The highest BCUT2D eigenvalue weighted by molar-refractivity contribution is 7.11. The molecule has 4 rings (SSSR count). The molecule has 0 bridgehead atoms. The van der Waals surface area contributed by atoms with Crippen LogP contribution < -0.4 is 5.32 Å². The molecule has 2 aromatic heterocycles. The van der Waals surface area contributed by atoms with Gasteiger partial charge in [0.05, 0.1) is 17.1 Å². The van der Waals surface area contributed by atoms with E-state index >= 15 is 0 Å². The molecule has 0 unspecified atom stereocenters. The summed E-state index contributed by atoms with van der Waals surface area (Å²) in [5.74, 6) is -0.0321. The van der Waals surface area contributed by atoms with Crippen LogP contribution in [0, 0.1) is 0 Å². The summed E-state index contributed by atoms with van der Waals surface area (Å²) in [6.07, 6.45) is 5.83. The number of benzene rings is 1. The van der Waals surface area contributed by atoms with Crippen LogP contribution in [0.5, 0.6) is 0 Å². The number of aryl methyl sites for hydroxylation is 2. The Balaban J connectivity index is 1.31. The van der Waals surface area contributed by atoms with Crippen LogP contribution in [-0.2, 0) is 30.5 Å². The summed E-state index contributed by atoms with van der Waals surface area (Å²) < 4.78 is 5.23. The standard InChI is InChI=1S/C18H19N3O2S/c22-17(11-14-12-5-1-3-7-15(12)23-21-14)19-10-9-18-20-13-6-2-4-8-16(13)24-18/h1,3,5,7H,2,4,6,8-11H2,(H,19,22). The summed E-state index contributed by atoms with van der Waals surface area (Å²) in [4.78, 5) is 18.3. The van der Waals surface area contributed by atoms with E-state index in [2.05, 4.69) is 10.5 Å². The van der Waals surface area contributed by atoms with Gasteiger partial charge in [0.25, 0.3) is 0 Å². The van der Waals surface area contributed by atoms with Gasteiger partial charge >= 0.3 is 0 Å². The number of para-hydroxylation sites is 1. The molecule has 0 saturated carbocycles. The van der Waals surface area contributed by atoms with Crippen molar-refractivity contribution in [2.24, 2.45) is 0 Å². The van der Waals surface area contributed by atoms with Gasteiger partial charge in [0.2, 0.25) is 5.91 Å². The number of carbonyl (C=O) groups excluding carboxylic acids is 1. The molecule has 6 heteroatoms. The number of hydrogen-bond acceptors (Lipinski definition) is 5. The Morgan fingerprint density at radius 2 is 2.12 bits per heavy atom. The predicted octanol–water partition coefficient (Wildman–Crippen LogP) is 3.06. The van der Waals surface area contributed by atoms with Crippen LogP contribution in [0.25, 0.3) is 11.0 Å². The van der Waals surface area contributed by atoms with Crippen molar-refractivity contribution in [1.29, 1.82) is 0 Å². The lowest BCUT2D eigenvalue weighted by molar-refractivity contribution is -0.120. The third kappa shape index (κ3) is 3.19. The zero-order valence-corrected chi connectivity index (χ0v) is 14.2. The number of aromatic nitrogens is 2. The van der Waals surface area contributed by atoms with Gasteiger partial charge in [-0.2, -0.15) is 0 Å². The fourth-order valence-electron chi connectivity index (χ4n) is 3.10. The third-order valence-corrected chi connectivity index (χ3v) is 5.55. The molecule has 2 heterocycles. The highest BCUT2D eigenvalue weighted by atomic mass is 32.1. The van der Waals surface area contributed by atoms with Crippen LogP contribution in [0.1, 0.15) is 34.1 Å². The van der Waals surface area contributed by atoms with Gasteiger partial charge in [-0.1, -0.05) is 17.3 Å². The summed E-state index contributed by atoms with van der Waals surface area (Å²) in [6, 6.07) is 7.60. The first-order valence-corrected chi connectivity index (χ1v) is 9.19. The first kappa shape index (κ1) is 15.3. The second-order valence-electron chi connectivity index (χ2n) is 6.09. The Morgan fingerprint density at radius 1 is 1.25 bits per heavy atom. The van der Waals surface area contributed by atoms with E-state index in [1.165, 1.54) is 29.8 Å². The lowest BCUT2D eigenvalue weighted by atomic mass is 10.0. The molecule has 124 valence electrons. The zero-order chi connectivity index (χ0) is 16.4. The number of hydrogen-bond donors (Lipinski definition) is 1. The van der Waals surface area contributed by atoms with Crippen LogP contribution in [0.3, 0.4) is 0 Å². The number of nitrogens with zero attached hydrogens (tertiary/aromatic N) is 2. The van der Waals surface area contributed by atoms with Crippen molar-refractivity contribution in [3.63, 3.8) is 0 Å². The SMILES string of the molecule is O=C(Cc1noc2ccccc12)NCCc1nc2c(s1)CCCC2. The maximum absolute atomic E-state index is 12.1. The first-order valence-electron chi connectivity index (χ1n) is 8.37. The first-order chi connectivity index (χ1) is 11.8. The minimum absolute atomic E-state index is 0.0321. The van der Waals surface area contributed by atoms with Crippen LogP contribution in [-0.4, -0.2) is 22.6 Å². The van der Waals surface area contributed by atoms with Gasteiger partial charge in [-0.15, -0.1) is 11.3 Å². The summed E-state index contributed by atoms with van der Waals surface area (Å²) in [7, 11) is 0. The molecule has 1 N–H and O–H groups in total. The van der Waals surface area contributed by atoms with E-state index in [4.69, 9.17) is 9.51 Å². The Hall–Kier alpha value is -2.21. The number of thiazole rings is 1. The maximum Gasteiger partial charge on any atom is 0.226 e. The van der Waals surface area contributed by atoms with Crippen LogP contribution in [0.2, 0.25) is 0 Å². The molecule has 1 amide bonds. The number of fused-ring (bicyclic) bond motifs is 2. The van der Waals surface area contributed by atoms with Crippen LogP contribution >= 0.6 is 11.3 Å². The number of nitrogens with one attached hydrogen (secondary N) is 1. The van der Waals surface area contributed by atoms with Crippen molar-refractivity contribution in [3.8, 4) is 0 Å². The lowest BCUT2D eigenvalue weighted by Crippen LogP contribution is -2.27. The molecule has 5 nitrogen and oxygen atoms in total. The number of carbonyl (C=O) groups is 1. The number of rotatable bonds is 5. The van der Waals surface area contributed by atoms with Gasteiger partial charge in [0.15, 0.2) is 5.58 Å². The summed E-state index contributed by atoms with van der Waals surface area (Å²) in [6.45, 7) is 0.612. The summed E-state index contributed by atoms with van der Waals surface area (Å²) in [5.41, 5.74) is 2.68. The van der Waals surface area contributed by atoms with E-state index in [0.717, 1.165) is 23.2 Å². The average Bonchev–Trinajstić information content (AvgIpc) is 3.19. The molecule has 0 saturated heterocycles. The lowest BCUT2D eigenvalue weighted by Gasteiger charge is -2.06. The van der Waals surface area contributed by atoms with E-state index in [1.54, 1.807) is 11.3 Å². The molecule has 1 aliphatic rings. The summed E-state index contributed by atoms with van der Waals surface area (Å²) in [5, 5.41) is 9.00. The number of amides is 1. The molecule has 0 fully saturated rings. The van der Waals surface area contributed by atoms with E-state index in [-0.39, 0.29) is 12.3 Å². The molecule has 24 heavy (non-hydrogen) atoms. The quantitative estimate of drug-likeness (QED) is 0.774. The van der Waals surface area contributed by atoms with Crippen molar-refractivity contribution >= 4 is 28.2 Å². The zero-order valence-electron chi connectivity index (χ0n) is 13.4. The van der Waals surface area contributed by atoms with Crippen LogP contribution in [0.4, 0.5) is 0 Å². The van der Waals surface area contributed by atoms with Gasteiger partial charge in [-0.05, 0) is 37.8 Å². The predicted molar refractivity (Wildman–Crippen MR) is 93.2 cm³/mol. The monoisotopic (exact) mass is 341 g/mol. The van der Waals surface area contributed by atoms with Crippen molar-refractivity contribution in [3.05, 3.63) is 45.5 Å². The van der Waals surface area contributed by atoms with Gasteiger partial charge in [-0.3, -0.25) is 4.79 Å². The van der Waals surface area contributed by atoms with Crippen molar-refractivity contribution < 1.29 is 9.32 Å². The van der Waals surface area contributed by atoms with E-state index in [1.807, 2.05) is 24.3 Å². The average molecular weight is 341 g/mol. The smallest absolute Gasteiger partial charge is 0.226 e. The van der Waals surface area contributed by atoms with Gasteiger partial charge in [0.1, 0.15) is 5.69 Å². The normalized spacial score (nSPS) is 13.8. The highest BCUT2D eigenvalue weighted by Crippen LogP contribution is 2.26. The Labute approximate surface area is 144 Å². The fourth-order valence-corrected chi connectivity index (χ4v) is 4.26. The topological polar surface area (TPSA) is 68.0 Å². The molecule has 0 radical (unpaired) electrons. The molecule has 3 aromatic rings. The van der Waals surface area contributed by atoms with Crippen molar-refractivity contribution in [1.82, 2.24) is 15.5 Å². The largest absolute Gasteiger partial charge is 0.356 e. The second-order valence-corrected chi connectivity index (χ2v) is 7.25. The third-order valence-electron chi connectivity index (χ3n) is 4.33. The molecule has 0 spiro atoms. The molecular formula is C18H19N3O2S. The fraction of sp³-hybridized carbons (Fsp3) is 0.389. The summed E-state index contributed by atoms with van der Waals surface area (Å²) >= 11 is 1.80. The van der Waals surface area contributed by atoms with Crippen molar-refractivity contribution in [2.75, 3.05) is 6.54 Å². The van der Waals surface area contributed by atoms with Gasteiger partial charge in [0, 0.05) is 23.2 Å². The maximum atomic E-state index is 12.1. The van der Waals surface area contributed by atoms with Gasteiger partial charge < -0.3 is 9.84 Å². The molecular weight excluding hydrogens is 322 g/mol. The van der Waals surface area contributed by atoms with Gasteiger partial charge in [-0.25, -0.2) is 4.98 Å². The Bertz CT molecular complexity index is 845. The van der Waals surface area contributed by atoms with Crippen LogP contribution in [0.15, 0.2) is 28.8 Å². The Morgan fingerprint density at radius 3 is 3.04 bits per heavy atom. The minimum Gasteiger partial charge on any atom is -0.356 e. The Kier molecular flexibility index (Phi) is 4.30. The van der Waals surface area contributed by atoms with E-state index in [0.29, 0.717) is 17.8 Å². The molecule has 0 aliphatic heterocycles. The minimum atomic E-state index is -0.0321. The van der Waals surface area contributed by atoms with E-state index in [9.17, 15) is 4.79 Å². The second kappa shape index (κ2) is 6.73. The molecule has 1 aromatic carbocycles. The molecule has 1 aliphatic carbocycles. The van der Waals surface area contributed by atoms with E-state index < -0.39 is 0 Å². The highest BCUT2D eigenvalue weighted by Gasteiger charge is 2.15. The molecule has 0 atom stereocenters.